The van der Waals surface area contributed by atoms with Crippen LogP contribution in [0.1, 0.15) is 13.8 Å². The topological polar surface area (TPSA) is 151 Å². The monoisotopic (exact) mass is 434 g/mol. The van der Waals surface area contributed by atoms with Gasteiger partial charge in [-0.25, -0.2) is 0 Å². The molecule has 4 rings (SSSR count). The number of carbonyl (C=O) groups is 4. The van der Waals surface area contributed by atoms with E-state index in [9.17, 15) is 29.4 Å². The van der Waals surface area contributed by atoms with Crippen molar-refractivity contribution >= 4 is 23.8 Å². The van der Waals surface area contributed by atoms with Crippen LogP contribution >= 0.6 is 0 Å². The maximum absolute atomic E-state index is 12.7. The lowest BCUT2D eigenvalue weighted by molar-refractivity contribution is -0.147. The van der Waals surface area contributed by atoms with Crippen molar-refractivity contribution in [1.29, 1.82) is 0 Å². The summed E-state index contributed by atoms with van der Waals surface area (Å²) in [6.45, 7) is 4.08. The normalized spacial score (nSPS) is 37.2. The smallest absolute Gasteiger partial charge is 0.310 e. The SMILES string of the molecule is CC(C)(CNC(=O)C1C2C=CC(O2)C1C(=O)O)CNC(=O)C1C2C=CC(O2)C1C(=O)O. The lowest BCUT2D eigenvalue weighted by Gasteiger charge is -2.29. The van der Waals surface area contributed by atoms with Gasteiger partial charge in [-0.3, -0.25) is 19.2 Å². The van der Waals surface area contributed by atoms with Crippen molar-refractivity contribution in [3.63, 3.8) is 0 Å². The molecule has 10 heteroatoms. The summed E-state index contributed by atoms with van der Waals surface area (Å²) < 4.78 is 11.1. The number of ether oxygens (including phenoxy) is 2. The highest BCUT2D eigenvalue weighted by Crippen LogP contribution is 2.40. The molecule has 8 atom stereocenters. The molecule has 0 saturated carbocycles. The third kappa shape index (κ3) is 3.85. The number of fused-ring (bicyclic) bond motifs is 4. The van der Waals surface area contributed by atoms with Crippen LogP contribution in [0.5, 0.6) is 0 Å². The van der Waals surface area contributed by atoms with Crippen LogP contribution in [0.4, 0.5) is 0 Å². The minimum Gasteiger partial charge on any atom is -0.481 e. The first-order valence-electron chi connectivity index (χ1n) is 10.3. The number of amides is 2. The van der Waals surface area contributed by atoms with Gasteiger partial charge in [-0.05, 0) is 5.41 Å². The number of aliphatic carboxylic acids is 2. The fourth-order valence-corrected chi connectivity index (χ4v) is 4.78. The molecule has 4 aliphatic rings. The van der Waals surface area contributed by atoms with E-state index in [-0.39, 0.29) is 13.1 Å². The molecule has 2 amide bonds. The third-order valence-electron chi connectivity index (χ3n) is 6.46. The van der Waals surface area contributed by atoms with Gasteiger partial charge in [-0.1, -0.05) is 38.2 Å². The maximum atomic E-state index is 12.7. The van der Waals surface area contributed by atoms with Crippen LogP contribution in [0.25, 0.3) is 0 Å². The van der Waals surface area contributed by atoms with Crippen LogP contribution in [0, 0.1) is 29.1 Å². The van der Waals surface area contributed by atoms with E-state index >= 15 is 0 Å². The quantitative estimate of drug-likeness (QED) is 0.375. The number of hydrogen-bond acceptors (Lipinski definition) is 6. The molecule has 10 nitrogen and oxygen atoms in total. The highest BCUT2D eigenvalue weighted by atomic mass is 16.5. The summed E-state index contributed by atoms with van der Waals surface area (Å²) in [6.07, 6.45) is 4.49. The molecule has 2 saturated heterocycles. The number of hydrogen-bond donors (Lipinski definition) is 4. The highest BCUT2D eigenvalue weighted by molar-refractivity contribution is 5.88. The van der Waals surface area contributed by atoms with Gasteiger partial charge in [0.15, 0.2) is 0 Å². The van der Waals surface area contributed by atoms with Crippen LogP contribution in [0.2, 0.25) is 0 Å². The summed E-state index contributed by atoms with van der Waals surface area (Å²) in [7, 11) is 0. The molecule has 0 aromatic heterocycles. The average molecular weight is 434 g/mol. The number of carboxylic acids is 2. The maximum Gasteiger partial charge on any atom is 0.310 e. The first kappa shape index (κ1) is 21.5. The van der Waals surface area contributed by atoms with Crippen molar-refractivity contribution in [3.8, 4) is 0 Å². The Labute approximate surface area is 178 Å². The summed E-state index contributed by atoms with van der Waals surface area (Å²) >= 11 is 0. The van der Waals surface area contributed by atoms with E-state index < -0.39 is 77.3 Å². The fourth-order valence-electron chi connectivity index (χ4n) is 4.78. The summed E-state index contributed by atoms with van der Waals surface area (Å²) in [6, 6.07) is 0. The molecule has 0 radical (unpaired) electrons. The Morgan fingerprint density at radius 1 is 0.710 bits per heavy atom. The van der Waals surface area contributed by atoms with Crippen LogP contribution < -0.4 is 10.6 Å². The van der Waals surface area contributed by atoms with Crippen LogP contribution in [0.3, 0.4) is 0 Å². The van der Waals surface area contributed by atoms with Gasteiger partial charge in [0.2, 0.25) is 11.8 Å². The van der Waals surface area contributed by atoms with Gasteiger partial charge in [0.1, 0.15) is 11.8 Å². The Bertz CT molecular complexity index is 797. The summed E-state index contributed by atoms with van der Waals surface area (Å²) in [4.78, 5) is 48.4. The average Bonchev–Trinajstić information content (AvgIpc) is 3.49. The Kier molecular flexibility index (Phi) is 5.38. The van der Waals surface area contributed by atoms with Gasteiger partial charge in [0, 0.05) is 13.1 Å². The first-order chi connectivity index (χ1) is 14.6. The van der Waals surface area contributed by atoms with E-state index in [2.05, 4.69) is 10.6 Å². The first-order valence-corrected chi connectivity index (χ1v) is 10.3. The van der Waals surface area contributed by atoms with Crippen molar-refractivity contribution in [2.75, 3.05) is 13.1 Å². The van der Waals surface area contributed by atoms with Crippen molar-refractivity contribution in [1.82, 2.24) is 10.6 Å². The summed E-state index contributed by atoms with van der Waals surface area (Å²) in [5.41, 5.74) is -0.550. The van der Waals surface area contributed by atoms with Gasteiger partial charge < -0.3 is 30.3 Å². The Morgan fingerprint density at radius 3 is 1.35 bits per heavy atom. The van der Waals surface area contributed by atoms with Crippen LogP contribution in [0.15, 0.2) is 24.3 Å². The van der Waals surface area contributed by atoms with Gasteiger partial charge in [-0.2, -0.15) is 0 Å². The molecule has 0 aromatic rings. The Morgan fingerprint density at radius 2 is 1.03 bits per heavy atom. The van der Waals surface area contributed by atoms with E-state index in [0.29, 0.717) is 0 Å². The minimum atomic E-state index is -1.07. The van der Waals surface area contributed by atoms with E-state index in [1.54, 1.807) is 24.3 Å². The standard InChI is InChI=1S/C21H26N2O8/c1-21(2,7-22-17(24)13-9-3-5-11(30-9)15(13)19(26)27)8-23-18(25)14-10-4-6-12(31-10)16(14)20(28)29/h3-6,9-16H,7-8H2,1-2H3,(H,22,24)(H,23,25)(H,26,27)(H,28,29). The zero-order valence-corrected chi connectivity index (χ0v) is 17.2. The molecule has 4 N–H and O–H groups in total. The van der Waals surface area contributed by atoms with Crippen molar-refractivity contribution in [3.05, 3.63) is 24.3 Å². The van der Waals surface area contributed by atoms with Crippen LogP contribution in [-0.2, 0) is 28.7 Å². The molecule has 0 aliphatic carbocycles. The lowest BCUT2D eigenvalue weighted by atomic mass is 9.81. The van der Waals surface area contributed by atoms with E-state index in [0.717, 1.165) is 0 Å². The molecule has 2 fully saturated rings. The van der Waals surface area contributed by atoms with Crippen molar-refractivity contribution in [2.24, 2.45) is 29.1 Å². The van der Waals surface area contributed by atoms with E-state index in [1.165, 1.54) is 0 Å². The Hall–Kier alpha value is -2.72. The molecule has 4 heterocycles. The van der Waals surface area contributed by atoms with Gasteiger partial charge in [0.25, 0.3) is 0 Å². The summed E-state index contributed by atoms with van der Waals surface area (Å²) in [5, 5.41) is 24.4. The van der Waals surface area contributed by atoms with Gasteiger partial charge in [0.05, 0.1) is 36.3 Å². The van der Waals surface area contributed by atoms with Crippen molar-refractivity contribution < 1.29 is 38.9 Å². The second-order valence-corrected chi connectivity index (χ2v) is 9.28. The predicted molar refractivity (Wildman–Crippen MR) is 105 cm³/mol. The molecule has 0 spiro atoms. The zero-order valence-electron chi connectivity index (χ0n) is 17.2. The van der Waals surface area contributed by atoms with Gasteiger partial charge in [-0.15, -0.1) is 0 Å². The largest absolute Gasteiger partial charge is 0.481 e. The molecule has 31 heavy (non-hydrogen) atoms. The zero-order chi connectivity index (χ0) is 22.5. The molecule has 0 aromatic carbocycles. The number of carbonyl (C=O) groups excluding carboxylic acids is 2. The van der Waals surface area contributed by atoms with Gasteiger partial charge >= 0.3 is 11.9 Å². The lowest BCUT2D eigenvalue weighted by Crippen LogP contribution is -2.49. The Balaban J connectivity index is 1.31. The molecular weight excluding hydrogens is 408 g/mol. The summed E-state index contributed by atoms with van der Waals surface area (Å²) in [5.74, 6) is -6.38. The highest BCUT2D eigenvalue weighted by Gasteiger charge is 2.54. The van der Waals surface area contributed by atoms with Crippen LogP contribution in [-0.4, -0.2) is 71.5 Å². The fraction of sp³-hybridized carbons (Fsp3) is 0.619. The third-order valence-corrected chi connectivity index (χ3v) is 6.46. The number of nitrogens with one attached hydrogen (secondary N) is 2. The molecule has 8 unspecified atom stereocenters. The minimum absolute atomic E-state index is 0.200. The second kappa shape index (κ2) is 7.76. The van der Waals surface area contributed by atoms with E-state index in [1.807, 2.05) is 13.8 Å². The number of rotatable bonds is 8. The van der Waals surface area contributed by atoms with Crippen molar-refractivity contribution in [2.45, 2.75) is 38.3 Å². The molecular formula is C21H26N2O8. The second-order valence-electron chi connectivity index (χ2n) is 9.28. The number of carboxylic acid groups (broad SMARTS) is 2. The van der Waals surface area contributed by atoms with E-state index in [4.69, 9.17) is 9.47 Å². The molecule has 168 valence electrons. The molecule has 4 aliphatic heterocycles. The predicted octanol–water partition coefficient (Wildman–Crippen LogP) is -0.447. The molecule has 4 bridgehead atoms.